The van der Waals surface area contributed by atoms with Crippen LogP contribution in [-0.2, 0) is 19.2 Å². The zero-order chi connectivity index (χ0) is 17.1. The van der Waals surface area contributed by atoms with Crippen molar-refractivity contribution in [2.45, 2.75) is 24.1 Å². The molecule has 0 aromatic rings. The van der Waals surface area contributed by atoms with Gasteiger partial charge < -0.3 is 9.53 Å². The maximum atomic E-state index is 12.4. The number of rotatable bonds is 2. The molecule has 0 aromatic heterocycles. The number of hydrogen-bond acceptors (Lipinski definition) is 5. The van der Waals surface area contributed by atoms with Gasteiger partial charge in [-0.2, -0.15) is 0 Å². The highest BCUT2D eigenvalue weighted by Crippen LogP contribution is 2.60. The van der Waals surface area contributed by atoms with E-state index in [4.69, 9.17) is 9.57 Å². The topological polar surface area (TPSA) is 55.8 Å². The Morgan fingerprint density at radius 1 is 1.46 bits per heavy atom. The summed E-state index contributed by atoms with van der Waals surface area (Å²) in [4.78, 5) is 28.9. The minimum atomic E-state index is -0.605. The SMILES string of the molecule is CON1C=C[C@]23CC(=O)[C@H](Br)C=C2OC2=C3C(=C1Br)C[C@@H](C=O)C2. The second-order valence-electron chi connectivity index (χ2n) is 6.35. The van der Waals surface area contributed by atoms with Crippen molar-refractivity contribution in [3.05, 3.63) is 45.6 Å². The molecule has 3 atom stereocenters. The van der Waals surface area contributed by atoms with Crippen LogP contribution in [0.5, 0.6) is 0 Å². The largest absolute Gasteiger partial charge is 0.465 e. The molecule has 0 bridgehead atoms. The number of hydrogen-bond donors (Lipinski definition) is 0. The molecule has 0 saturated heterocycles. The van der Waals surface area contributed by atoms with Crippen molar-refractivity contribution in [1.29, 1.82) is 0 Å². The van der Waals surface area contributed by atoms with Gasteiger partial charge in [0.1, 0.15) is 22.4 Å². The van der Waals surface area contributed by atoms with Gasteiger partial charge in [0, 0.05) is 30.5 Å². The second-order valence-corrected chi connectivity index (χ2v) is 8.08. The van der Waals surface area contributed by atoms with Crippen molar-refractivity contribution in [3.63, 3.8) is 0 Å². The Hall–Kier alpha value is -1.18. The van der Waals surface area contributed by atoms with E-state index in [1.165, 1.54) is 0 Å². The summed E-state index contributed by atoms with van der Waals surface area (Å²) in [6.45, 7) is 0. The second kappa shape index (κ2) is 5.68. The number of ketones is 1. The van der Waals surface area contributed by atoms with Gasteiger partial charge in [0.25, 0.3) is 0 Å². The summed E-state index contributed by atoms with van der Waals surface area (Å²) in [5.41, 5.74) is 1.36. The fourth-order valence-corrected chi connectivity index (χ4v) is 4.93. The number of carbonyl (C=O) groups is 2. The molecule has 0 aromatic carbocycles. The average molecular weight is 457 g/mol. The van der Waals surface area contributed by atoms with Crippen molar-refractivity contribution >= 4 is 43.9 Å². The zero-order valence-electron chi connectivity index (χ0n) is 12.9. The van der Waals surface area contributed by atoms with Crippen molar-refractivity contribution in [1.82, 2.24) is 5.06 Å². The molecule has 0 N–H and O–H groups in total. The molecule has 126 valence electrons. The number of alkyl halides is 1. The summed E-state index contributed by atoms with van der Waals surface area (Å²) >= 11 is 6.99. The normalized spacial score (nSPS) is 34.5. The molecule has 5 nitrogen and oxygen atoms in total. The molecule has 0 fully saturated rings. The minimum absolute atomic E-state index is 0.111. The van der Waals surface area contributed by atoms with Crippen LogP contribution in [0.3, 0.4) is 0 Å². The molecule has 2 aliphatic heterocycles. The molecule has 0 saturated carbocycles. The van der Waals surface area contributed by atoms with Crippen LogP contribution < -0.4 is 0 Å². The summed E-state index contributed by atoms with van der Waals surface area (Å²) in [6, 6.07) is 0. The van der Waals surface area contributed by atoms with Crippen LogP contribution in [-0.4, -0.2) is 29.1 Å². The first kappa shape index (κ1) is 16.3. The minimum Gasteiger partial charge on any atom is -0.465 e. The Balaban J connectivity index is 1.97. The molecule has 2 heterocycles. The Morgan fingerprint density at radius 2 is 2.25 bits per heavy atom. The van der Waals surface area contributed by atoms with E-state index < -0.39 is 5.41 Å². The quantitative estimate of drug-likeness (QED) is 0.361. The monoisotopic (exact) mass is 455 g/mol. The van der Waals surface area contributed by atoms with Gasteiger partial charge in [0.05, 0.1) is 17.4 Å². The van der Waals surface area contributed by atoms with E-state index >= 15 is 0 Å². The van der Waals surface area contributed by atoms with Gasteiger partial charge in [-0.15, -0.1) is 0 Å². The van der Waals surface area contributed by atoms with E-state index in [-0.39, 0.29) is 16.5 Å². The Kier molecular flexibility index (Phi) is 3.85. The third-order valence-electron chi connectivity index (χ3n) is 5.00. The van der Waals surface area contributed by atoms with Gasteiger partial charge in [0.15, 0.2) is 5.78 Å². The Bertz CT molecular complexity index is 767. The summed E-state index contributed by atoms with van der Waals surface area (Å²) in [5.74, 6) is 1.51. The van der Waals surface area contributed by atoms with Crippen molar-refractivity contribution in [2.24, 2.45) is 11.3 Å². The van der Waals surface area contributed by atoms with Crippen LogP contribution in [0.2, 0.25) is 0 Å². The number of halogens is 2. The molecule has 7 heteroatoms. The summed E-state index contributed by atoms with van der Waals surface area (Å²) in [5, 5.41) is 1.61. The molecule has 0 amide bonds. The van der Waals surface area contributed by atoms with Gasteiger partial charge in [0.2, 0.25) is 0 Å². The highest BCUT2D eigenvalue weighted by molar-refractivity contribution is 9.11. The number of carbonyl (C=O) groups excluding carboxylic acids is 2. The maximum absolute atomic E-state index is 12.4. The lowest BCUT2D eigenvalue weighted by Crippen LogP contribution is -2.33. The van der Waals surface area contributed by atoms with E-state index in [0.717, 1.165) is 33.6 Å². The van der Waals surface area contributed by atoms with E-state index in [0.29, 0.717) is 19.3 Å². The van der Waals surface area contributed by atoms with E-state index in [2.05, 4.69) is 31.9 Å². The van der Waals surface area contributed by atoms with E-state index in [1.54, 1.807) is 18.4 Å². The van der Waals surface area contributed by atoms with E-state index in [1.807, 2.05) is 12.2 Å². The van der Waals surface area contributed by atoms with Crippen molar-refractivity contribution in [2.75, 3.05) is 7.11 Å². The fourth-order valence-electron chi connectivity index (χ4n) is 3.90. The van der Waals surface area contributed by atoms with Crippen LogP contribution in [0.4, 0.5) is 0 Å². The zero-order valence-corrected chi connectivity index (χ0v) is 16.1. The van der Waals surface area contributed by atoms with Gasteiger partial charge >= 0.3 is 0 Å². The predicted molar refractivity (Wildman–Crippen MR) is 93.7 cm³/mol. The Morgan fingerprint density at radius 3 is 2.96 bits per heavy atom. The summed E-state index contributed by atoms with van der Waals surface area (Å²) < 4.78 is 6.88. The summed E-state index contributed by atoms with van der Waals surface area (Å²) in [6.07, 6.45) is 8.06. The standard InChI is InChI=1S/C17H15Br2NO4/c1-23-20-3-2-17-7-12(22)11(18)6-14(17)24-13-5-9(8-21)4-10(15(13)17)16(20)19/h2-3,6,8-9,11H,4-5,7H2,1H3/t9-,11-,17+/m1/s1. The predicted octanol–water partition coefficient (Wildman–Crippen LogP) is 3.48. The molecule has 4 rings (SSSR count). The van der Waals surface area contributed by atoms with Gasteiger partial charge in [-0.3, -0.25) is 9.63 Å². The molecule has 0 radical (unpaired) electrons. The van der Waals surface area contributed by atoms with Gasteiger partial charge in [-0.1, -0.05) is 15.9 Å². The number of nitrogens with zero attached hydrogens (tertiary/aromatic N) is 1. The molecular formula is C17H15Br2NO4. The first-order valence-corrected chi connectivity index (χ1v) is 9.38. The molecule has 0 unspecified atom stereocenters. The first-order valence-electron chi connectivity index (χ1n) is 7.67. The molecular weight excluding hydrogens is 442 g/mol. The number of allylic oxidation sites excluding steroid dienone is 4. The fraction of sp³-hybridized carbons (Fsp3) is 0.412. The number of aldehydes is 1. The lowest BCUT2D eigenvalue weighted by molar-refractivity contribution is -0.119. The highest BCUT2D eigenvalue weighted by Gasteiger charge is 2.54. The average Bonchev–Trinajstić information content (AvgIpc) is 2.81. The van der Waals surface area contributed by atoms with Crippen LogP contribution in [0.15, 0.2) is 45.6 Å². The molecule has 24 heavy (non-hydrogen) atoms. The lowest BCUT2D eigenvalue weighted by atomic mass is 9.67. The van der Waals surface area contributed by atoms with Crippen molar-refractivity contribution in [3.8, 4) is 0 Å². The number of hydroxylamine groups is 2. The van der Waals surface area contributed by atoms with Crippen LogP contribution in [0.25, 0.3) is 0 Å². The third kappa shape index (κ3) is 2.14. The van der Waals surface area contributed by atoms with Crippen LogP contribution >= 0.6 is 31.9 Å². The first-order chi connectivity index (χ1) is 11.5. The van der Waals surface area contributed by atoms with Crippen LogP contribution in [0.1, 0.15) is 19.3 Å². The van der Waals surface area contributed by atoms with Gasteiger partial charge in [-0.25, -0.2) is 5.06 Å². The lowest BCUT2D eigenvalue weighted by Gasteiger charge is -2.33. The smallest absolute Gasteiger partial charge is 0.152 e. The Labute approximate surface area is 156 Å². The van der Waals surface area contributed by atoms with Gasteiger partial charge in [-0.05, 0) is 40.1 Å². The number of ether oxygens (including phenoxy) is 1. The van der Waals surface area contributed by atoms with E-state index in [9.17, 15) is 9.59 Å². The highest BCUT2D eigenvalue weighted by atomic mass is 79.9. The molecule has 2 aliphatic carbocycles. The molecule has 4 aliphatic rings. The maximum Gasteiger partial charge on any atom is 0.152 e. The van der Waals surface area contributed by atoms with Crippen LogP contribution in [0, 0.1) is 11.3 Å². The number of Topliss-reactive ketones (excluding diaryl/α,β-unsaturated/α-hetero) is 1. The van der Waals surface area contributed by atoms with Crippen molar-refractivity contribution < 1.29 is 19.2 Å². The molecule has 1 spiro atoms. The third-order valence-corrected chi connectivity index (χ3v) is 6.60. The summed E-state index contributed by atoms with van der Waals surface area (Å²) in [7, 11) is 1.58.